The topological polar surface area (TPSA) is 94.0 Å². The lowest BCUT2D eigenvalue weighted by atomic mass is 10.0. The van der Waals surface area contributed by atoms with Crippen LogP contribution >= 0.6 is 11.6 Å². The lowest BCUT2D eigenvalue weighted by molar-refractivity contribution is 0.384. The van der Waals surface area contributed by atoms with Crippen LogP contribution in [-0.2, 0) is 10.0 Å². The zero-order valence-corrected chi connectivity index (χ0v) is 23.3. The summed E-state index contributed by atoms with van der Waals surface area (Å²) < 4.78 is 51.7. The van der Waals surface area contributed by atoms with Crippen molar-refractivity contribution >= 4 is 27.3 Å². The number of benzene rings is 3. The standard InChI is InChI=1S/C28H26ClFN4O5S/c1-38-26-17-21(30)7-12-24(26)19-3-10-23(11-4-19)39-27-25(32-13-15-33(16-14-32)40(2,36)37)18-31-34(28(27)35)22-8-5-20(29)6-9-22/h3-12,17-18H,13-16H2,1-2H3. The third-order valence-electron chi connectivity index (χ3n) is 6.58. The molecule has 3 aromatic carbocycles. The third-order valence-corrected chi connectivity index (χ3v) is 8.14. The highest BCUT2D eigenvalue weighted by Gasteiger charge is 2.27. The molecular formula is C28H26ClFN4O5S. The summed E-state index contributed by atoms with van der Waals surface area (Å²) in [5.74, 6) is 0.431. The van der Waals surface area contributed by atoms with Gasteiger partial charge in [-0.1, -0.05) is 23.7 Å². The van der Waals surface area contributed by atoms with Gasteiger partial charge in [0.2, 0.25) is 15.8 Å². The van der Waals surface area contributed by atoms with Crippen molar-refractivity contribution in [2.75, 3.05) is 44.4 Å². The molecule has 1 aliphatic heterocycles. The fourth-order valence-electron chi connectivity index (χ4n) is 4.50. The summed E-state index contributed by atoms with van der Waals surface area (Å²) in [6.45, 7) is 1.26. The average molecular weight is 585 g/mol. The van der Waals surface area contributed by atoms with Gasteiger partial charge in [-0.05, 0) is 54.1 Å². The Hall–Kier alpha value is -3.93. The molecule has 0 radical (unpaired) electrons. The Bertz CT molecular complexity index is 1690. The molecule has 208 valence electrons. The van der Waals surface area contributed by atoms with Crippen molar-refractivity contribution in [3.8, 4) is 34.1 Å². The smallest absolute Gasteiger partial charge is 0.316 e. The highest BCUT2D eigenvalue weighted by atomic mass is 35.5. The summed E-state index contributed by atoms with van der Waals surface area (Å²) in [6, 6.07) is 17.9. The highest BCUT2D eigenvalue weighted by Crippen LogP contribution is 2.34. The van der Waals surface area contributed by atoms with Crippen LogP contribution < -0.4 is 19.9 Å². The lowest BCUT2D eigenvalue weighted by Crippen LogP contribution is -2.48. The first-order chi connectivity index (χ1) is 19.1. The van der Waals surface area contributed by atoms with Gasteiger partial charge in [-0.2, -0.15) is 14.1 Å². The molecule has 9 nitrogen and oxygen atoms in total. The number of nitrogens with zero attached hydrogens (tertiary/aromatic N) is 4. The van der Waals surface area contributed by atoms with Crippen LogP contribution in [0.5, 0.6) is 17.2 Å². The first-order valence-corrected chi connectivity index (χ1v) is 14.6. The van der Waals surface area contributed by atoms with Crippen molar-refractivity contribution in [1.82, 2.24) is 14.1 Å². The Labute approximate surface area is 236 Å². The lowest BCUT2D eigenvalue weighted by Gasteiger charge is -2.35. The number of methoxy groups -OCH3 is 1. The van der Waals surface area contributed by atoms with Crippen molar-refractivity contribution < 1.29 is 22.3 Å². The van der Waals surface area contributed by atoms with Crippen LogP contribution in [0.2, 0.25) is 5.02 Å². The molecule has 1 fully saturated rings. The monoisotopic (exact) mass is 584 g/mol. The van der Waals surface area contributed by atoms with Gasteiger partial charge >= 0.3 is 5.56 Å². The molecular weight excluding hydrogens is 559 g/mol. The second-order valence-electron chi connectivity index (χ2n) is 9.17. The van der Waals surface area contributed by atoms with Gasteiger partial charge in [0, 0.05) is 42.8 Å². The minimum absolute atomic E-state index is 0.0462. The maximum Gasteiger partial charge on any atom is 0.316 e. The van der Waals surface area contributed by atoms with Gasteiger partial charge in [-0.3, -0.25) is 4.79 Å². The van der Waals surface area contributed by atoms with E-state index in [-0.39, 0.29) is 18.8 Å². The number of piperazine rings is 1. The Morgan fingerprint density at radius 3 is 2.25 bits per heavy atom. The summed E-state index contributed by atoms with van der Waals surface area (Å²) in [6.07, 6.45) is 2.72. The van der Waals surface area contributed by atoms with E-state index in [1.807, 2.05) is 4.90 Å². The minimum Gasteiger partial charge on any atom is -0.496 e. The molecule has 0 spiro atoms. The average Bonchev–Trinajstić information content (AvgIpc) is 2.95. The summed E-state index contributed by atoms with van der Waals surface area (Å²) in [4.78, 5) is 15.6. The van der Waals surface area contributed by atoms with E-state index in [0.717, 1.165) is 5.56 Å². The van der Waals surface area contributed by atoms with Gasteiger partial charge in [0.05, 0.1) is 25.2 Å². The first-order valence-electron chi connectivity index (χ1n) is 12.3. The minimum atomic E-state index is -3.33. The largest absolute Gasteiger partial charge is 0.496 e. The van der Waals surface area contributed by atoms with Gasteiger partial charge in [0.1, 0.15) is 23.0 Å². The van der Waals surface area contributed by atoms with E-state index in [9.17, 15) is 17.6 Å². The SMILES string of the molecule is COc1cc(F)ccc1-c1ccc(Oc2c(N3CCN(S(C)(=O)=O)CC3)cnn(-c3ccc(Cl)cc3)c2=O)cc1. The quantitative estimate of drug-likeness (QED) is 0.314. The number of hydrogen-bond acceptors (Lipinski definition) is 7. The number of sulfonamides is 1. The molecule has 1 aromatic heterocycles. The molecule has 2 heterocycles. The molecule has 5 rings (SSSR count). The number of halogens is 2. The van der Waals surface area contributed by atoms with Gasteiger partial charge in [-0.15, -0.1) is 0 Å². The predicted octanol–water partition coefficient (Wildman–Crippen LogP) is 4.57. The van der Waals surface area contributed by atoms with Gasteiger partial charge in [0.15, 0.2) is 0 Å². The van der Waals surface area contributed by atoms with Crippen molar-refractivity contribution in [2.45, 2.75) is 0 Å². The van der Waals surface area contributed by atoms with Crippen LogP contribution in [0.25, 0.3) is 16.8 Å². The first kappa shape index (κ1) is 27.6. The second-order valence-corrected chi connectivity index (χ2v) is 11.6. The van der Waals surface area contributed by atoms with E-state index in [1.54, 1.807) is 60.8 Å². The summed E-state index contributed by atoms with van der Waals surface area (Å²) >= 11 is 6.02. The molecule has 0 N–H and O–H groups in total. The third kappa shape index (κ3) is 5.81. The Morgan fingerprint density at radius 2 is 1.62 bits per heavy atom. The summed E-state index contributed by atoms with van der Waals surface area (Å²) in [7, 11) is -1.85. The zero-order valence-electron chi connectivity index (χ0n) is 21.8. The predicted molar refractivity (Wildman–Crippen MR) is 152 cm³/mol. The molecule has 0 amide bonds. The molecule has 0 aliphatic carbocycles. The van der Waals surface area contributed by atoms with E-state index in [4.69, 9.17) is 21.1 Å². The molecule has 1 saturated heterocycles. The number of ether oxygens (including phenoxy) is 2. The normalized spacial score (nSPS) is 14.2. The van der Waals surface area contributed by atoms with Crippen LogP contribution in [-0.4, -0.2) is 62.0 Å². The highest BCUT2D eigenvalue weighted by molar-refractivity contribution is 7.88. The van der Waals surface area contributed by atoms with Gasteiger partial charge in [-0.25, -0.2) is 12.8 Å². The van der Waals surface area contributed by atoms with Crippen molar-refractivity contribution in [1.29, 1.82) is 0 Å². The van der Waals surface area contributed by atoms with Crippen LogP contribution in [0.1, 0.15) is 0 Å². The molecule has 0 atom stereocenters. The van der Waals surface area contributed by atoms with Gasteiger partial charge < -0.3 is 14.4 Å². The fourth-order valence-corrected chi connectivity index (χ4v) is 5.45. The Kier molecular flexibility index (Phi) is 7.79. The maximum absolute atomic E-state index is 13.7. The molecule has 4 aromatic rings. The summed E-state index contributed by atoms with van der Waals surface area (Å²) in [5.41, 5.74) is 1.94. The Morgan fingerprint density at radius 1 is 0.950 bits per heavy atom. The van der Waals surface area contributed by atoms with Crippen LogP contribution in [0, 0.1) is 5.82 Å². The molecule has 0 saturated carbocycles. The molecule has 0 unspecified atom stereocenters. The molecule has 12 heteroatoms. The number of anilines is 1. The van der Waals surface area contributed by atoms with E-state index in [2.05, 4.69) is 5.10 Å². The van der Waals surface area contributed by atoms with E-state index in [0.29, 0.717) is 46.5 Å². The van der Waals surface area contributed by atoms with E-state index in [1.165, 1.54) is 34.5 Å². The molecule has 0 bridgehead atoms. The fraction of sp³-hybridized carbons (Fsp3) is 0.214. The van der Waals surface area contributed by atoms with Crippen LogP contribution in [0.4, 0.5) is 10.1 Å². The van der Waals surface area contributed by atoms with Crippen molar-refractivity contribution in [3.05, 3.63) is 94.1 Å². The maximum atomic E-state index is 13.7. The molecule has 40 heavy (non-hydrogen) atoms. The van der Waals surface area contributed by atoms with E-state index >= 15 is 0 Å². The summed E-state index contributed by atoms with van der Waals surface area (Å²) in [5, 5.41) is 4.89. The molecule has 1 aliphatic rings. The number of rotatable bonds is 7. The van der Waals surface area contributed by atoms with Crippen molar-refractivity contribution in [3.63, 3.8) is 0 Å². The van der Waals surface area contributed by atoms with Crippen molar-refractivity contribution in [2.24, 2.45) is 0 Å². The van der Waals surface area contributed by atoms with Crippen LogP contribution in [0.15, 0.2) is 77.7 Å². The van der Waals surface area contributed by atoms with Crippen LogP contribution in [0.3, 0.4) is 0 Å². The second kappa shape index (κ2) is 11.3. The number of aromatic nitrogens is 2. The van der Waals surface area contributed by atoms with E-state index < -0.39 is 21.4 Å². The zero-order chi connectivity index (χ0) is 28.4. The van der Waals surface area contributed by atoms with Gasteiger partial charge in [0.25, 0.3) is 0 Å². The Balaban J connectivity index is 1.50. The number of hydrogen-bond donors (Lipinski definition) is 0.